The fourth-order valence-corrected chi connectivity index (χ4v) is 9.55. The molecule has 4 saturated carbocycles. The molecule has 4 rings (SSSR count). The number of hydrogen-bond acceptors (Lipinski definition) is 1. The van der Waals surface area contributed by atoms with Gasteiger partial charge in [0.15, 0.2) is 0 Å². The fourth-order valence-electron chi connectivity index (χ4n) is 9.55. The number of rotatable bonds is 5. The van der Waals surface area contributed by atoms with Crippen LogP contribution in [0.25, 0.3) is 0 Å². The van der Waals surface area contributed by atoms with E-state index in [1.807, 2.05) is 0 Å². The van der Waals surface area contributed by atoms with Crippen molar-refractivity contribution in [1.82, 2.24) is 0 Å². The highest BCUT2D eigenvalue weighted by atomic mass is 16.4. The Morgan fingerprint density at radius 2 is 1.72 bits per heavy atom. The van der Waals surface area contributed by atoms with Gasteiger partial charge in [-0.2, -0.15) is 0 Å². The maximum atomic E-state index is 11.1. The van der Waals surface area contributed by atoms with E-state index in [0.29, 0.717) is 23.2 Å². The minimum absolute atomic E-state index is 0. The zero-order valence-electron chi connectivity index (χ0n) is 18.9. The minimum atomic E-state index is -0.621. The van der Waals surface area contributed by atoms with Crippen LogP contribution in [0.4, 0.5) is 0 Å². The normalized spacial score (nSPS) is 47.3. The molecule has 0 spiro atoms. The zero-order valence-corrected chi connectivity index (χ0v) is 18.9. The van der Waals surface area contributed by atoms with Crippen LogP contribution in [-0.4, -0.2) is 11.1 Å². The van der Waals surface area contributed by atoms with Crippen molar-refractivity contribution >= 4 is 5.97 Å². The van der Waals surface area contributed by atoms with Gasteiger partial charge in [-0.1, -0.05) is 54.4 Å². The first-order chi connectivity index (χ1) is 13.3. The summed E-state index contributed by atoms with van der Waals surface area (Å²) in [5.74, 6) is 5.44. The molecule has 0 aromatic rings. The lowest BCUT2D eigenvalue weighted by molar-refractivity contribution is -0.140. The smallest absolute Gasteiger partial charge is 0.303 e. The van der Waals surface area contributed by atoms with Crippen molar-refractivity contribution in [3.05, 3.63) is 0 Å². The topological polar surface area (TPSA) is 37.3 Å². The summed E-state index contributed by atoms with van der Waals surface area (Å²) in [5, 5.41) is 9.15. The van der Waals surface area contributed by atoms with Crippen molar-refractivity contribution in [2.45, 2.75) is 112 Å². The Hall–Kier alpha value is -0.530. The molecule has 0 aromatic carbocycles. The number of carboxylic acids is 1. The van der Waals surface area contributed by atoms with Gasteiger partial charge in [0, 0.05) is 6.42 Å². The molecule has 168 valence electrons. The number of fused-ring (bicyclic) bond motifs is 5. The van der Waals surface area contributed by atoms with E-state index in [2.05, 4.69) is 27.7 Å². The molecule has 1 N–H and O–H groups in total. The highest BCUT2D eigenvalue weighted by molar-refractivity contribution is 5.66. The molecule has 7 unspecified atom stereocenters. The predicted molar refractivity (Wildman–Crippen MR) is 122 cm³/mol. The second kappa shape index (κ2) is 8.54. The Morgan fingerprint density at radius 3 is 2.41 bits per heavy atom. The summed E-state index contributed by atoms with van der Waals surface area (Å²) in [7, 11) is 0. The molecule has 0 bridgehead atoms. The Balaban J connectivity index is 0.00000240. The highest BCUT2D eigenvalue weighted by Crippen LogP contribution is 2.69. The molecule has 4 aliphatic carbocycles. The van der Waals surface area contributed by atoms with Crippen LogP contribution in [0, 0.1) is 52.3 Å². The van der Waals surface area contributed by atoms with Gasteiger partial charge in [-0.3, -0.25) is 4.79 Å². The van der Waals surface area contributed by atoms with Crippen molar-refractivity contribution < 1.29 is 9.90 Å². The maximum Gasteiger partial charge on any atom is 0.303 e. The number of carboxylic acid groups (broad SMARTS) is 1. The van der Waals surface area contributed by atoms with Gasteiger partial charge in [0.1, 0.15) is 0 Å². The highest BCUT2D eigenvalue weighted by Gasteiger charge is 2.61. The summed E-state index contributed by atoms with van der Waals surface area (Å²) in [5.41, 5.74) is 1.07. The minimum Gasteiger partial charge on any atom is -0.481 e. The lowest BCUT2D eigenvalue weighted by Crippen LogP contribution is -2.55. The van der Waals surface area contributed by atoms with Gasteiger partial charge in [-0.05, 0) is 104 Å². The van der Waals surface area contributed by atoms with Crippen molar-refractivity contribution in [2.24, 2.45) is 52.3 Å². The molecule has 29 heavy (non-hydrogen) atoms. The molecule has 0 amide bonds. The molecule has 0 aliphatic heterocycles. The van der Waals surface area contributed by atoms with E-state index >= 15 is 0 Å². The third kappa shape index (κ3) is 3.69. The van der Waals surface area contributed by atoms with E-state index in [-0.39, 0.29) is 7.43 Å². The first-order valence-corrected chi connectivity index (χ1v) is 12.5. The van der Waals surface area contributed by atoms with Gasteiger partial charge < -0.3 is 5.11 Å². The summed E-state index contributed by atoms with van der Waals surface area (Å²) in [6.07, 6.45) is 15.6. The summed E-state index contributed by atoms with van der Waals surface area (Å²) in [6, 6.07) is 0. The second-order valence-electron chi connectivity index (χ2n) is 11.8. The van der Waals surface area contributed by atoms with E-state index in [1.165, 1.54) is 64.2 Å². The maximum absolute atomic E-state index is 11.1. The molecule has 0 radical (unpaired) electrons. The van der Waals surface area contributed by atoms with Gasteiger partial charge in [-0.15, -0.1) is 0 Å². The van der Waals surface area contributed by atoms with Gasteiger partial charge in [-0.25, -0.2) is 0 Å². The summed E-state index contributed by atoms with van der Waals surface area (Å²) >= 11 is 0. The van der Waals surface area contributed by atoms with Crippen molar-refractivity contribution in [1.29, 1.82) is 0 Å². The predicted octanol–water partition coefficient (Wildman–Crippen LogP) is 7.81. The molecule has 2 nitrogen and oxygen atoms in total. The molecule has 0 aromatic heterocycles. The molecule has 9 atom stereocenters. The monoisotopic (exact) mass is 404 g/mol. The quantitative estimate of drug-likeness (QED) is 0.507. The molecular weight excluding hydrogens is 356 g/mol. The molecule has 4 aliphatic rings. The van der Waals surface area contributed by atoms with Crippen LogP contribution in [0.15, 0.2) is 0 Å². The van der Waals surface area contributed by atoms with E-state index < -0.39 is 5.97 Å². The SMILES string of the molecule is C.CC[C@H]1CC2C3CCC(C(C)CCC(=O)O)C3(C)CC[C@@H]2C2(C)CCCCC12. The van der Waals surface area contributed by atoms with E-state index in [1.54, 1.807) is 0 Å². The van der Waals surface area contributed by atoms with Crippen LogP contribution >= 0.6 is 0 Å². The summed E-state index contributed by atoms with van der Waals surface area (Å²) in [6.45, 7) is 10.1. The van der Waals surface area contributed by atoms with Crippen LogP contribution in [0.3, 0.4) is 0 Å². The molecule has 0 saturated heterocycles. The van der Waals surface area contributed by atoms with E-state index in [4.69, 9.17) is 5.11 Å². The van der Waals surface area contributed by atoms with Crippen molar-refractivity contribution in [2.75, 3.05) is 0 Å². The average molecular weight is 405 g/mol. The average Bonchev–Trinajstić information content (AvgIpc) is 3.02. The molecular formula is C27H48O2. The molecule has 2 heteroatoms. The molecule has 4 fully saturated rings. The summed E-state index contributed by atoms with van der Waals surface area (Å²) < 4.78 is 0. The Morgan fingerprint density at radius 1 is 1.00 bits per heavy atom. The standard InChI is InChI=1S/C26H44O2.CH4/c1-5-18-16-19-22-11-10-20(17(2)9-12-24(27)28)26(22,4)15-13-23(19)25(3)14-7-6-8-21(18)25;/h17-23H,5-16H2,1-4H3,(H,27,28);1H4/t17?,18-,19?,20?,21?,22?,23-,25?,26?;/m0./s1. The Kier molecular flexibility index (Phi) is 6.82. The zero-order chi connectivity index (χ0) is 20.1. The Bertz CT molecular complexity index is 585. The van der Waals surface area contributed by atoms with Crippen LogP contribution in [0.2, 0.25) is 0 Å². The van der Waals surface area contributed by atoms with Gasteiger partial charge in [0.2, 0.25) is 0 Å². The number of aliphatic carboxylic acids is 1. The summed E-state index contributed by atoms with van der Waals surface area (Å²) in [4.78, 5) is 11.1. The van der Waals surface area contributed by atoms with Crippen LogP contribution in [-0.2, 0) is 4.79 Å². The third-order valence-electron chi connectivity index (χ3n) is 10.9. The van der Waals surface area contributed by atoms with Gasteiger partial charge in [0.25, 0.3) is 0 Å². The van der Waals surface area contributed by atoms with Crippen LogP contribution < -0.4 is 0 Å². The Labute approximate surface area is 180 Å². The number of carbonyl (C=O) groups is 1. The van der Waals surface area contributed by atoms with Gasteiger partial charge >= 0.3 is 5.97 Å². The van der Waals surface area contributed by atoms with E-state index in [0.717, 1.165) is 41.9 Å². The first kappa shape index (κ1) is 23.1. The van der Waals surface area contributed by atoms with Gasteiger partial charge in [0.05, 0.1) is 0 Å². The lowest BCUT2D eigenvalue weighted by Gasteiger charge is -2.63. The number of hydrogen-bond donors (Lipinski definition) is 1. The van der Waals surface area contributed by atoms with Crippen molar-refractivity contribution in [3.63, 3.8) is 0 Å². The lowest BCUT2D eigenvalue weighted by atomic mass is 9.42. The van der Waals surface area contributed by atoms with E-state index in [9.17, 15) is 4.79 Å². The van der Waals surface area contributed by atoms with Crippen molar-refractivity contribution in [3.8, 4) is 0 Å². The second-order valence-corrected chi connectivity index (χ2v) is 11.8. The molecule has 0 heterocycles. The van der Waals surface area contributed by atoms with Crippen LogP contribution in [0.5, 0.6) is 0 Å². The first-order valence-electron chi connectivity index (χ1n) is 12.5. The fraction of sp³-hybridized carbons (Fsp3) is 0.963. The third-order valence-corrected chi connectivity index (χ3v) is 10.9. The van der Waals surface area contributed by atoms with Crippen LogP contribution in [0.1, 0.15) is 112 Å². The largest absolute Gasteiger partial charge is 0.481 e.